The number of rotatable bonds is 3. The molecule has 0 amide bonds. The lowest BCUT2D eigenvalue weighted by Crippen LogP contribution is -2.30. The van der Waals surface area contributed by atoms with Crippen molar-refractivity contribution in [2.75, 3.05) is 0 Å². The summed E-state index contributed by atoms with van der Waals surface area (Å²) in [4.78, 5) is 0.303. The second kappa shape index (κ2) is 4.63. The topological polar surface area (TPSA) is 46.2 Å². The van der Waals surface area contributed by atoms with E-state index >= 15 is 0 Å². The van der Waals surface area contributed by atoms with Crippen molar-refractivity contribution < 1.29 is 8.42 Å². The molecule has 1 N–H and O–H groups in total. The Morgan fingerprint density at radius 1 is 1.33 bits per heavy atom. The second-order valence-electron chi connectivity index (χ2n) is 3.69. The molecule has 0 unspecified atom stereocenters. The Kier molecular flexibility index (Phi) is 3.92. The van der Waals surface area contributed by atoms with E-state index < -0.39 is 10.0 Å². The molecule has 0 fully saturated rings. The van der Waals surface area contributed by atoms with Crippen molar-refractivity contribution in [2.45, 2.75) is 31.7 Å². The van der Waals surface area contributed by atoms with Gasteiger partial charge in [0.1, 0.15) is 0 Å². The molecule has 0 heterocycles. The molecule has 1 aromatic rings. The monoisotopic (exact) mass is 291 g/mol. The van der Waals surface area contributed by atoms with Crippen molar-refractivity contribution in [2.24, 2.45) is 0 Å². The predicted octanol–water partition coefficient (Wildman–Crippen LogP) is 2.44. The van der Waals surface area contributed by atoms with Gasteiger partial charge in [-0.2, -0.15) is 0 Å². The number of sulfonamides is 1. The fourth-order valence-corrected chi connectivity index (χ4v) is 2.75. The largest absolute Gasteiger partial charge is 0.240 e. The van der Waals surface area contributed by atoms with E-state index in [4.69, 9.17) is 0 Å². The van der Waals surface area contributed by atoms with Gasteiger partial charge in [-0.3, -0.25) is 0 Å². The molecule has 0 saturated heterocycles. The first-order chi connectivity index (χ1) is 6.83. The molecular formula is C10H14BrNO2S. The lowest BCUT2D eigenvalue weighted by Gasteiger charge is -2.10. The molecule has 0 aliphatic heterocycles. The summed E-state index contributed by atoms with van der Waals surface area (Å²) < 4.78 is 27.0. The van der Waals surface area contributed by atoms with Crippen molar-refractivity contribution >= 4 is 26.0 Å². The van der Waals surface area contributed by atoms with Crippen LogP contribution in [-0.2, 0) is 10.0 Å². The zero-order chi connectivity index (χ0) is 11.6. The van der Waals surface area contributed by atoms with E-state index in [1.165, 1.54) is 0 Å². The molecule has 0 bridgehead atoms. The molecule has 84 valence electrons. The summed E-state index contributed by atoms with van der Waals surface area (Å²) in [5.74, 6) is 0. The van der Waals surface area contributed by atoms with Crippen LogP contribution in [0.3, 0.4) is 0 Å². The maximum atomic E-state index is 11.8. The molecule has 3 nitrogen and oxygen atoms in total. The Morgan fingerprint density at radius 2 is 1.93 bits per heavy atom. The van der Waals surface area contributed by atoms with E-state index in [0.29, 0.717) is 4.90 Å². The first-order valence-electron chi connectivity index (χ1n) is 4.61. The standard InChI is InChI=1S/C10H14BrNO2S/c1-7(2)12-15(13,14)9-4-5-10(11)8(3)6-9/h4-7,12H,1-3H3. The first kappa shape index (κ1) is 12.7. The Balaban J connectivity index is 3.11. The smallest absolute Gasteiger partial charge is 0.209 e. The minimum atomic E-state index is -3.37. The van der Waals surface area contributed by atoms with Gasteiger partial charge in [0, 0.05) is 10.5 Å². The number of aryl methyl sites for hydroxylation is 1. The minimum absolute atomic E-state index is 0.0982. The molecule has 0 saturated carbocycles. The third kappa shape index (κ3) is 3.29. The van der Waals surface area contributed by atoms with E-state index in [-0.39, 0.29) is 6.04 Å². The van der Waals surface area contributed by atoms with Gasteiger partial charge >= 0.3 is 0 Å². The van der Waals surface area contributed by atoms with Gasteiger partial charge in [0.05, 0.1) is 4.90 Å². The summed E-state index contributed by atoms with van der Waals surface area (Å²) in [7, 11) is -3.37. The number of benzene rings is 1. The van der Waals surface area contributed by atoms with Gasteiger partial charge in [0.2, 0.25) is 10.0 Å². The fraction of sp³-hybridized carbons (Fsp3) is 0.400. The second-order valence-corrected chi connectivity index (χ2v) is 6.26. The summed E-state index contributed by atoms with van der Waals surface area (Å²) in [6, 6.07) is 4.87. The van der Waals surface area contributed by atoms with E-state index in [0.717, 1.165) is 10.0 Å². The summed E-state index contributed by atoms with van der Waals surface area (Å²) in [5, 5.41) is 0. The van der Waals surface area contributed by atoms with E-state index in [9.17, 15) is 8.42 Å². The molecule has 5 heteroatoms. The molecule has 0 spiro atoms. The number of nitrogens with one attached hydrogen (secondary N) is 1. The molecule has 0 aromatic heterocycles. The van der Waals surface area contributed by atoms with Crippen LogP contribution >= 0.6 is 15.9 Å². The van der Waals surface area contributed by atoms with Gasteiger partial charge in [0.25, 0.3) is 0 Å². The van der Waals surface area contributed by atoms with Crippen LogP contribution in [0.2, 0.25) is 0 Å². The van der Waals surface area contributed by atoms with Crippen molar-refractivity contribution in [3.63, 3.8) is 0 Å². The maximum Gasteiger partial charge on any atom is 0.240 e. The molecule has 0 radical (unpaired) electrons. The Labute approximate surface area is 99.1 Å². The lowest BCUT2D eigenvalue weighted by molar-refractivity contribution is 0.570. The molecule has 1 rings (SSSR count). The Morgan fingerprint density at radius 3 is 2.40 bits per heavy atom. The highest BCUT2D eigenvalue weighted by atomic mass is 79.9. The fourth-order valence-electron chi connectivity index (χ4n) is 1.16. The minimum Gasteiger partial charge on any atom is -0.209 e. The molecular weight excluding hydrogens is 278 g/mol. The van der Waals surface area contributed by atoms with Crippen molar-refractivity contribution in [1.29, 1.82) is 0 Å². The average Bonchev–Trinajstić information content (AvgIpc) is 2.07. The van der Waals surface area contributed by atoms with Crippen LogP contribution in [-0.4, -0.2) is 14.5 Å². The van der Waals surface area contributed by atoms with Gasteiger partial charge in [-0.1, -0.05) is 15.9 Å². The van der Waals surface area contributed by atoms with Gasteiger partial charge in [-0.25, -0.2) is 13.1 Å². The van der Waals surface area contributed by atoms with Crippen LogP contribution < -0.4 is 4.72 Å². The quantitative estimate of drug-likeness (QED) is 0.930. The van der Waals surface area contributed by atoms with E-state index in [1.807, 2.05) is 6.92 Å². The van der Waals surface area contributed by atoms with E-state index in [2.05, 4.69) is 20.7 Å². The highest BCUT2D eigenvalue weighted by Gasteiger charge is 2.15. The summed E-state index contributed by atoms with van der Waals surface area (Å²) in [5.41, 5.74) is 0.904. The highest BCUT2D eigenvalue weighted by molar-refractivity contribution is 9.10. The maximum absolute atomic E-state index is 11.8. The molecule has 0 aliphatic rings. The van der Waals surface area contributed by atoms with Crippen LogP contribution in [0.15, 0.2) is 27.6 Å². The van der Waals surface area contributed by atoms with Crippen LogP contribution in [0.5, 0.6) is 0 Å². The van der Waals surface area contributed by atoms with Crippen molar-refractivity contribution in [3.05, 3.63) is 28.2 Å². The number of hydrogen-bond donors (Lipinski definition) is 1. The normalized spacial score (nSPS) is 12.1. The molecule has 15 heavy (non-hydrogen) atoms. The van der Waals surface area contributed by atoms with Gasteiger partial charge in [0.15, 0.2) is 0 Å². The first-order valence-corrected chi connectivity index (χ1v) is 6.89. The van der Waals surface area contributed by atoms with Crippen LogP contribution in [0.4, 0.5) is 0 Å². The SMILES string of the molecule is Cc1cc(S(=O)(=O)NC(C)C)ccc1Br. The zero-order valence-electron chi connectivity index (χ0n) is 8.91. The molecule has 0 aliphatic carbocycles. The number of hydrogen-bond acceptors (Lipinski definition) is 2. The van der Waals surface area contributed by atoms with Crippen LogP contribution in [0, 0.1) is 6.92 Å². The van der Waals surface area contributed by atoms with Crippen LogP contribution in [0.25, 0.3) is 0 Å². The van der Waals surface area contributed by atoms with Gasteiger partial charge in [-0.05, 0) is 44.5 Å². The van der Waals surface area contributed by atoms with Crippen molar-refractivity contribution in [3.8, 4) is 0 Å². The van der Waals surface area contributed by atoms with Gasteiger partial charge < -0.3 is 0 Å². The number of halogens is 1. The lowest BCUT2D eigenvalue weighted by atomic mass is 10.2. The predicted molar refractivity (Wildman–Crippen MR) is 64.3 cm³/mol. The molecule has 1 aromatic carbocycles. The third-order valence-electron chi connectivity index (χ3n) is 1.83. The Hall–Kier alpha value is -0.390. The molecule has 0 atom stereocenters. The third-order valence-corrected chi connectivity index (χ3v) is 4.38. The summed E-state index contributed by atoms with van der Waals surface area (Å²) >= 11 is 3.33. The van der Waals surface area contributed by atoms with Gasteiger partial charge in [-0.15, -0.1) is 0 Å². The van der Waals surface area contributed by atoms with Crippen LogP contribution in [0.1, 0.15) is 19.4 Å². The highest BCUT2D eigenvalue weighted by Crippen LogP contribution is 2.19. The summed E-state index contributed by atoms with van der Waals surface area (Å²) in [6.07, 6.45) is 0. The average molecular weight is 292 g/mol. The van der Waals surface area contributed by atoms with E-state index in [1.54, 1.807) is 32.0 Å². The Bertz CT molecular complexity index is 454. The van der Waals surface area contributed by atoms with Crippen molar-refractivity contribution in [1.82, 2.24) is 4.72 Å². The summed E-state index contributed by atoms with van der Waals surface area (Å²) in [6.45, 7) is 5.45. The zero-order valence-corrected chi connectivity index (χ0v) is 11.3.